The Labute approximate surface area is 202 Å². The van der Waals surface area contributed by atoms with Crippen molar-refractivity contribution < 1.29 is 28.5 Å². The van der Waals surface area contributed by atoms with Crippen LogP contribution in [0.1, 0.15) is 45.7 Å². The molecular formula is C25H39N3O6. The second-order valence-corrected chi connectivity index (χ2v) is 10.1. The highest BCUT2D eigenvalue weighted by Gasteiger charge is 2.42. The van der Waals surface area contributed by atoms with Crippen LogP contribution in [0, 0.1) is 0 Å². The Hall–Kier alpha value is -1.94. The van der Waals surface area contributed by atoms with Gasteiger partial charge in [0.05, 0.1) is 33.0 Å². The number of nitrogens with zero attached hydrogens (tertiary/aromatic N) is 3. The third-order valence-corrected chi connectivity index (χ3v) is 6.27. The molecule has 0 radical (unpaired) electrons. The van der Waals surface area contributed by atoms with E-state index in [0.29, 0.717) is 64.8 Å². The Balaban J connectivity index is 1.19. The Bertz CT molecular complexity index is 781. The number of pyridine rings is 1. The number of rotatable bonds is 9. The number of ether oxygens (including phenoxy) is 5. The summed E-state index contributed by atoms with van der Waals surface area (Å²) in [5.41, 5.74) is 1.80. The summed E-state index contributed by atoms with van der Waals surface area (Å²) in [6.45, 7) is 10.6. The molecule has 4 rings (SSSR count). The fraction of sp³-hybridized carbons (Fsp3) is 0.760. The minimum absolute atomic E-state index is 0.204. The molecule has 0 N–H and O–H groups in total. The van der Waals surface area contributed by atoms with Crippen molar-refractivity contribution in [2.24, 2.45) is 0 Å². The summed E-state index contributed by atoms with van der Waals surface area (Å²) < 4.78 is 27.6. The molecule has 9 nitrogen and oxygen atoms in total. The number of carbonyl (C=O) groups is 1. The van der Waals surface area contributed by atoms with Gasteiger partial charge in [0.1, 0.15) is 5.60 Å². The number of aryl methyl sites for hydroxylation is 1. The lowest BCUT2D eigenvalue weighted by Crippen LogP contribution is -2.56. The van der Waals surface area contributed by atoms with E-state index in [-0.39, 0.29) is 12.4 Å². The van der Waals surface area contributed by atoms with E-state index in [0.717, 1.165) is 31.4 Å². The number of piperazine rings is 1. The van der Waals surface area contributed by atoms with Crippen LogP contribution in [-0.4, -0.2) is 92.7 Å². The number of anilines is 1. The molecule has 3 aliphatic rings. The Kier molecular flexibility index (Phi) is 8.63. The standard InChI is InChI=1S/C25H39N3O6/c1-25(2,3)34-24(29)27-16-21-6-7-22(17-27)28(21)20-8-9-26-19(15-20)5-4-10-30-11-13-32-23-18-31-12-14-33-23/h8-9,15,21-23H,4-7,10-14,16-18H2,1-3H3. The molecule has 3 aliphatic heterocycles. The van der Waals surface area contributed by atoms with Gasteiger partial charge in [0.15, 0.2) is 6.29 Å². The molecule has 1 aromatic rings. The van der Waals surface area contributed by atoms with E-state index in [1.807, 2.05) is 31.9 Å². The van der Waals surface area contributed by atoms with Gasteiger partial charge in [-0.05, 0) is 58.6 Å². The zero-order valence-corrected chi connectivity index (χ0v) is 20.7. The molecule has 0 aliphatic carbocycles. The van der Waals surface area contributed by atoms with E-state index in [9.17, 15) is 4.79 Å². The summed E-state index contributed by atoms with van der Waals surface area (Å²) in [5, 5.41) is 0. The van der Waals surface area contributed by atoms with Crippen LogP contribution in [0.3, 0.4) is 0 Å². The van der Waals surface area contributed by atoms with Crippen LogP contribution in [0.15, 0.2) is 18.3 Å². The SMILES string of the molecule is CC(C)(C)OC(=O)N1CC2CCC(C1)N2c1ccnc(CCCOCCOC2COCCO2)c1. The van der Waals surface area contributed by atoms with Gasteiger partial charge in [-0.2, -0.15) is 0 Å². The zero-order chi connectivity index (χ0) is 24.0. The molecular weight excluding hydrogens is 438 g/mol. The second kappa shape index (κ2) is 11.7. The van der Waals surface area contributed by atoms with Gasteiger partial charge in [-0.15, -0.1) is 0 Å². The number of likely N-dealkylation sites (tertiary alicyclic amines) is 1. The third kappa shape index (κ3) is 7.04. The van der Waals surface area contributed by atoms with Crippen LogP contribution in [0.2, 0.25) is 0 Å². The summed E-state index contributed by atoms with van der Waals surface area (Å²) >= 11 is 0. The van der Waals surface area contributed by atoms with Crippen LogP contribution in [-0.2, 0) is 30.1 Å². The molecule has 0 aromatic carbocycles. The molecule has 190 valence electrons. The molecule has 3 fully saturated rings. The molecule has 3 unspecified atom stereocenters. The molecule has 2 bridgehead atoms. The van der Waals surface area contributed by atoms with Gasteiger partial charge in [-0.25, -0.2) is 4.79 Å². The normalized spacial score (nSPS) is 25.0. The average molecular weight is 478 g/mol. The van der Waals surface area contributed by atoms with Gasteiger partial charge in [0.25, 0.3) is 0 Å². The Morgan fingerprint density at radius 2 is 1.94 bits per heavy atom. The topological polar surface area (TPSA) is 82.6 Å². The molecule has 0 saturated carbocycles. The van der Waals surface area contributed by atoms with Crippen LogP contribution in [0.4, 0.5) is 10.5 Å². The monoisotopic (exact) mass is 477 g/mol. The van der Waals surface area contributed by atoms with Gasteiger partial charge in [0, 0.05) is 49.4 Å². The number of amides is 1. The molecule has 1 amide bonds. The lowest BCUT2D eigenvalue weighted by molar-refractivity contribution is -0.215. The molecule has 9 heteroatoms. The van der Waals surface area contributed by atoms with Crippen LogP contribution < -0.4 is 4.90 Å². The zero-order valence-electron chi connectivity index (χ0n) is 20.7. The largest absolute Gasteiger partial charge is 0.444 e. The van der Waals surface area contributed by atoms with E-state index < -0.39 is 5.60 Å². The lowest BCUT2D eigenvalue weighted by atomic mass is 10.1. The quantitative estimate of drug-likeness (QED) is 0.502. The van der Waals surface area contributed by atoms with Crippen molar-refractivity contribution in [3.05, 3.63) is 24.0 Å². The van der Waals surface area contributed by atoms with Crippen molar-refractivity contribution in [3.8, 4) is 0 Å². The van der Waals surface area contributed by atoms with Gasteiger partial charge in [-0.3, -0.25) is 4.98 Å². The first-order valence-corrected chi connectivity index (χ1v) is 12.5. The third-order valence-electron chi connectivity index (χ3n) is 6.27. The summed E-state index contributed by atoms with van der Waals surface area (Å²) in [4.78, 5) is 21.5. The minimum atomic E-state index is -0.469. The maximum Gasteiger partial charge on any atom is 0.410 e. The second-order valence-electron chi connectivity index (χ2n) is 10.1. The first-order valence-electron chi connectivity index (χ1n) is 12.5. The predicted octanol–water partition coefficient (Wildman–Crippen LogP) is 3.01. The van der Waals surface area contributed by atoms with E-state index in [2.05, 4.69) is 22.0 Å². The highest BCUT2D eigenvalue weighted by atomic mass is 16.7. The van der Waals surface area contributed by atoms with E-state index >= 15 is 0 Å². The fourth-order valence-corrected chi connectivity index (χ4v) is 4.82. The van der Waals surface area contributed by atoms with Crippen molar-refractivity contribution >= 4 is 11.8 Å². The summed E-state index contributed by atoms with van der Waals surface area (Å²) in [7, 11) is 0. The fourth-order valence-electron chi connectivity index (χ4n) is 4.82. The number of fused-ring (bicyclic) bond motifs is 2. The van der Waals surface area contributed by atoms with E-state index in [4.69, 9.17) is 23.7 Å². The molecule has 3 atom stereocenters. The number of carbonyl (C=O) groups excluding carboxylic acids is 1. The van der Waals surface area contributed by atoms with E-state index in [1.54, 1.807) is 0 Å². The van der Waals surface area contributed by atoms with Crippen molar-refractivity contribution in [1.82, 2.24) is 9.88 Å². The highest BCUT2D eigenvalue weighted by molar-refractivity contribution is 5.69. The van der Waals surface area contributed by atoms with Crippen LogP contribution in [0.25, 0.3) is 0 Å². The predicted molar refractivity (Wildman–Crippen MR) is 127 cm³/mol. The van der Waals surface area contributed by atoms with Gasteiger partial charge in [0.2, 0.25) is 0 Å². The Morgan fingerprint density at radius 3 is 2.65 bits per heavy atom. The summed E-state index contributed by atoms with van der Waals surface area (Å²) in [6.07, 6.45) is 5.37. The number of hydrogen-bond donors (Lipinski definition) is 0. The highest BCUT2D eigenvalue weighted by Crippen LogP contribution is 2.35. The van der Waals surface area contributed by atoms with Crippen molar-refractivity contribution in [2.45, 2.75) is 70.4 Å². The van der Waals surface area contributed by atoms with Crippen LogP contribution in [0.5, 0.6) is 0 Å². The van der Waals surface area contributed by atoms with Gasteiger partial charge >= 0.3 is 6.09 Å². The maximum atomic E-state index is 12.6. The molecule has 4 heterocycles. The van der Waals surface area contributed by atoms with E-state index in [1.165, 1.54) is 5.69 Å². The smallest absolute Gasteiger partial charge is 0.410 e. The molecule has 3 saturated heterocycles. The van der Waals surface area contributed by atoms with Gasteiger partial charge < -0.3 is 33.5 Å². The molecule has 0 spiro atoms. The number of hydrogen-bond acceptors (Lipinski definition) is 8. The number of aromatic nitrogens is 1. The minimum Gasteiger partial charge on any atom is -0.444 e. The summed E-state index contributed by atoms with van der Waals surface area (Å²) in [6, 6.07) is 4.92. The van der Waals surface area contributed by atoms with Crippen molar-refractivity contribution in [3.63, 3.8) is 0 Å². The molecule has 1 aromatic heterocycles. The van der Waals surface area contributed by atoms with Crippen molar-refractivity contribution in [1.29, 1.82) is 0 Å². The Morgan fingerprint density at radius 1 is 1.15 bits per heavy atom. The summed E-state index contributed by atoms with van der Waals surface area (Å²) in [5.74, 6) is 0. The average Bonchev–Trinajstić information content (AvgIpc) is 3.07. The lowest BCUT2D eigenvalue weighted by Gasteiger charge is -2.42. The maximum absolute atomic E-state index is 12.6. The van der Waals surface area contributed by atoms with Gasteiger partial charge in [-0.1, -0.05) is 0 Å². The first kappa shape index (κ1) is 25.2. The first-order chi connectivity index (χ1) is 16.4. The van der Waals surface area contributed by atoms with Crippen molar-refractivity contribution in [2.75, 3.05) is 57.6 Å². The van der Waals surface area contributed by atoms with Crippen LogP contribution >= 0.6 is 0 Å². The molecule has 34 heavy (non-hydrogen) atoms.